The minimum atomic E-state index is -0.215. The smallest absolute Gasteiger partial charge is 0.317 e. The number of aromatic nitrogens is 2. The number of hydrogen-bond acceptors (Lipinski definition) is 4. The van der Waals surface area contributed by atoms with Crippen LogP contribution in [0.2, 0.25) is 0 Å². The second kappa shape index (κ2) is 13.2. The van der Waals surface area contributed by atoms with Gasteiger partial charge in [0.05, 0.1) is 16.8 Å². The van der Waals surface area contributed by atoms with Crippen LogP contribution in [0.5, 0.6) is 0 Å². The van der Waals surface area contributed by atoms with E-state index in [0.29, 0.717) is 36.6 Å². The molecule has 5 rings (SSSR count). The predicted octanol–water partition coefficient (Wildman–Crippen LogP) is 6.31. The van der Waals surface area contributed by atoms with Crippen molar-refractivity contribution in [3.05, 3.63) is 95.8 Å². The molecule has 1 aliphatic carbocycles. The molecule has 0 bridgehead atoms. The van der Waals surface area contributed by atoms with Gasteiger partial charge in [-0.05, 0) is 54.2 Å². The number of nitrogens with zero attached hydrogens (tertiary/aromatic N) is 3. The molecule has 1 fully saturated rings. The molecule has 0 radical (unpaired) electrons. The highest BCUT2D eigenvalue weighted by Gasteiger charge is 2.15. The van der Waals surface area contributed by atoms with Crippen LogP contribution in [0, 0.1) is 0 Å². The van der Waals surface area contributed by atoms with Crippen molar-refractivity contribution in [2.24, 2.45) is 0 Å². The van der Waals surface area contributed by atoms with Crippen LogP contribution in [-0.2, 0) is 6.54 Å². The maximum Gasteiger partial charge on any atom is 0.317 e. The number of carbonyl (C=O) groups excluding carboxylic acids is 2. The zero-order chi connectivity index (χ0) is 27.7. The van der Waals surface area contributed by atoms with E-state index >= 15 is 0 Å². The Kier molecular flexibility index (Phi) is 9.01. The van der Waals surface area contributed by atoms with Gasteiger partial charge in [-0.15, -0.1) is 0 Å². The molecule has 0 atom stereocenters. The van der Waals surface area contributed by atoms with Crippen molar-refractivity contribution in [3.63, 3.8) is 0 Å². The van der Waals surface area contributed by atoms with E-state index in [-0.39, 0.29) is 11.9 Å². The highest BCUT2D eigenvalue weighted by molar-refractivity contribution is 6.05. The highest BCUT2D eigenvalue weighted by Crippen LogP contribution is 2.31. The molecular weight excluding hydrogens is 498 g/mol. The second-order valence-corrected chi connectivity index (χ2v) is 10.6. The van der Waals surface area contributed by atoms with Gasteiger partial charge in [-0.25, -0.2) is 9.78 Å². The van der Waals surface area contributed by atoms with Crippen LogP contribution in [0.3, 0.4) is 0 Å². The lowest BCUT2D eigenvalue weighted by Gasteiger charge is -2.19. The van der Waals surface area contributed by atoms with Crippen molar-refractivity contribution in [2.75, 3.05) is 20.1 Å². The number of nitrogens with one attached hydrogen (secondary N) is 2. The van der Waals surface area contributed by atoms with E-state index in [9.17, 15) is 9.59 Å². The van der Waals surface area contributed by atoms with Crippen LogP contribution in [0.4, 0.5) is 4.79 Å². The van der Waals surface area contributed by atoms with Gasteiger partial charge in [0.15, 0.2) is 0 Å². The molecule has 0 unspecified atom stereocenters. The van der Waals surface area contributed by atoms with Gasteiger partial charge in [0.2, 0.25) is 0 Å². The molecule has 2 aromatic carbocycles. The van der Waals surface area contributed by atoms with Crippen molar-refractivity contribution in [2.45, 2.75) is 51.0 Å². The first kappa shape index (κ1) is 27.3. The Balaban J connectivity index is 1.11. The third-order valence-corrected chi connectivity index (χ3v) is 7.77. The number of fused-ring (bicyclic) bond motifs is 1. The molecule has 2 heterocycles. The Labute approximate surface area is 236 Å². The first-order chi connectivity index (χ1) is 19.6. The number of urea groups is 1. The van der Waals surface area contributed by atoms with Gasteiger partial charge in [0.25, 0.3) is 5.91 Å². The Morgan fingerprint density at radius 2 is 1.62 bits per heavy atom. The lowest BCUT2D eigenvalue weighted by molar-refractivity contribution is 0.0951. The lowest BCUT2D eigenvalue weighted by Crippen LogP contribution is -2.41. The summed E-state index contributed by atoms with van der Waals surface area (Å²) in [6.45, 7) is 1.19. The largest absolute Gasteiger partial charge is 0.350 e. The van der Waals surface area contributed by atoms with Crippen molar-refractivity contribution < 1.29 is 9.59 Å². The number of benzene rings is 2. The van der Waals surface area contributed by atoms with E-state index < -0.39 is 0 Å². The topological polar surface area (TPSA) is 87.2 Å². The Morgan fingerprint density at radius 1 is 0.875 bits per heavy atom. The van der Waals surface area contributed by atoms with Crippen LogP contribution >= 0.6 is 0 Å². The molecule has 40 heavy (non-hydrogen) atoms. The molecule has 7 heteroatoms. The van der Waals surface area contributed by atoms with Gasteiger partial charge < -0.3 is 15.5 Å². The van der Waals surface area contributed by atoms with Gasteiger partial charge in [-0.1, -0.05) is 68.1 Å². The maximum absolute atomic E-state index is 13.0. The average molecular weight is 536 g/mol. The van der Waals surface area contributed by atoms with Crippen molar-refractivity contribution in [3.8, 4) is 11.3 Å². The van der Waals surface area contributed by atoms with Crippen LogP contribution in [0.25, 0.3) is 22.2 Å². The van der Waals surface area contributed by atoms with Crippen molar-refractivity contribution in [1.82, 2.24) is 25.5 Å². The van der Waals surface area contributed by atoms with Gasteiger partial charge in [-0.2, -0.15) is 0 Å². The van der Waals surface area contributed by atoms with Gasteiger partial charge in [0, 0.05) is 50.0 Å². The third kappa shape index (κ3) is 6.84. The summed E-state index contributed by atoms with van der Waals surface area (Å²) < 4.78 is 0. The standard InChI is InChI=1S/C33H37N5O2/c1-38(33(40)36-23-24-11-13-26(14-12-24)25-7-4-2-3-5-8-25)22-21-35-32(39)29-10-6-9-28-15-16-30(37-31(28)29)27-17-19-34-20-18-27/h6,9-20,25H,2-5,7-8,21-23H2,1H3,(H,35,39)(H,36,40). The number of likely N-dealkylation sites (N-methyl/N-ethyl adjacent to an activating group) is 1. The fourth-order valence-corrected chi connectivity index (χ4v) is 5.38. The van der Waals surface area contributed by atoms with E-state index in [1.54, 1.807) is 30.4 Å². The zero-order valence-electron chi connectivity index (χ0n) is 23.1. The summed E-state index contributed by atoms with van der Waals surface area (Å²) in [4.78, 5) is 36.1. The van der Waals surface area contributed by atoms with Crippen molar-refractivity contribution >= 4 is 22.8 Å². The fourth-order valence-electron chi connectivity index (χ4n) is 5.38. The lowest BCUT2D eigenvalue weighted by atomic mass is 9.91. The summed E-state index contributed by atoms with van der Waals surface area (Å²) in [5.41, 5.74) is 5.38. The monoisotopic (exact) mass is 535 g/mol. The third-order valence-electron chi connectivity index (χ3n) is 7.77. The summed E-state index contributed by atoms with van der Waals surface area (Å²) in [7, 11) is 1.73. The Hall–Kier alpha value is -4.26. The summed E-state index contributed by atoms with van der Waals surface area (Å²) in [5.74, 6) is 0.452. The number of pyridine rings is 2. The van der Waals surface area contributed by atoms with Crippen LogP contribution in [0.1, 0.15) is 65.9 Å². The normalized spacial score (nSPS) is 13.9. The van der Waals surface area contributed by atoms with Crippen LogP contribution in [0.15, 0.2) is 79.1 Å². The first-order valence-corrected chi connectivity index (χ1v) is 14.2. The van der Waals surface area contributed by atoms with Crippen LogP contribution in [-0.4, -0.2) is 46.9 Å². The molecule has 2 aromatic heterocycles. The SMILES string of the molecule is CN(CCNC(=O)c1cccc2ccc(-c3ccncc3)nc12)C(=O)NCc1ccc(C2CCCCCC2)cc1. The minimum absolute atomic E-state index is 0.170. The average Bonchev–Trinajstić information content (AvgIpc) is 3.29. The maximum atomic E-state index is 13.0. The number of para-hydroxylation sites is 1. The number of carbonyl (C=O) groups is 2. The second-order valence-electron chi connectivity index (χ2n) is 10.6. The van der Waals surface area contributed by atoms with Crippen molar-refractivity contribution in [1.29, 1.82) is 0 Å². The predicted molar refractivity (Wildman–Crippen MR) is 159 cm³/mol. The molecule has 4 aromatic rings. The Morgan fingerprint density at radius 3 is 2.38 bits per heavy atom. The Bertz CT molecular complexity index is 1430. The van der Waals surface area contributed by atoms with Gasteiger partial charge in [-0.3, -0.25) is 9.78 Å². The molecule has 0 aliphatic heterocycles. The molecular formula is C33H37N5O2. The van der Waals surface area contributed by atoms with E-state index in [2.05, 4.69) is 39.9 Å². The van der Waals surface area contributed by atoms with E-state index in [1.807, 2.05) is 36.4 Å². The van der Waals surface area contributed by atoms with E-state index in [1.165, 1.54) is 44.1 Å². The molecule has 1 saturated carbocycles. The molecule has 0 saturated heterocycles. The molecule has 7 nitrogen and oxygen atoms in total. The quantitative estimate of drug-likeness (QED) is 0.259. The van der Waals surface area contributed by atoms with E-state index in [0.717, 1.165) is 22.2 Å². The summed E-state index contributed by atoms with van der Waals surface area (Å²) in [6.07, 6.45) is 11.4. The molecule has 3 amide bonds. The van der Waals surface area contributed by atoms with Gasteiger partial charge in [0.1, 0.15) is 0 Å². The number of rotatable bonds is 8. The minimum Gasteiger partial charge on any atom is -0.350 e. The van der Waals surface area contributed by atoms with Gasteiger partial charge >= 0.3 is 6.03 Å². The summed E-state index contributed by atoms with van der Waals surface area (Å²) in [5, 5.41) is 6.82. The molecule has 206 valence electrons. The molecule has 2 N–H and O–H groups in total. The zero-order valence-corrected chi connectivity index (χ0v) is 23.1. The summed E-state index contributed by atoms with van der Waals surface area (Å²) in [6, 6.07) is 21.8. The molecule has 1 aliphatic rings. The summed E-state index contributed by atoms with van der Waals surface area (Å²) >= 11 is 0. The molecule has 0 spiro atoms. The number of hydrogen-bond donors (Lipinski definition) is 2. The fraction of sp³-hybridized carbons (Fsp3) is 0.333. The van der Waals surface area contributed by atoms with Crippen LogP contribution < -0.4 is 10.6 Å². The first-order valence-electron chi connectivity index (χ1n) is 14.2. The van der Waals surface area contributed by atoms with E-state index in [4.69, 9.17) is 4.98 Å². The number of amides is 3. The highest BCUT2D eigenvalue weighted by atomic mass is 16.2.